The molecule has 1 rings (SSSR count). The topological polar surface area (TPSA) is 81.7 Å². The summed E-state index contributed by atoms with van der Waals surface area (Å²) in [5.74, 6) is -1.57. The first-order chi connectivity index (χ1) is 10.0. The first-order valence-corrected chi connectivity index (χ1v) is 6.31. The van der Waals surface area contributed by atoms with Gasteiger partial charge in [-0.1, -0.05) is 18.2 Å². The molecule has 0 aromatic heterocycles. The number of hydrogen-bond acceptors (Lipinski definition) is 5. The van der Waals surface area contributed by atoms with Crippen LogP contribution in [-0.2, 0) is 19.1 Å². The highest BCUT2D eigenvalue weighted by atomic mass is 16.5. The molecule has 0 spiro atoms. The Hall–Kier alpha value is -2.63. The maximum atomic E-state index is 11.8. The minimum absolute atomic E-state index is 0.00290. The summed E-state index contributed by atoms with van der Waals surface area (Å²) in [5.41, 5.74) is 0.529. The Morgan fingerprint density at radius 2 is 1.76 bits per heavy atom. The average molecular weight is 291 g/mol. The van der Waals surface area contributed by atoms with Crippen molar-refractivity contribution >= 4 is 17.8 Å². The molecular weight excluding hydrogens is 274 g/mol. The van der Waals surface area contributed by atoms with Crippen LogP contribution < -0.4 is 5.32 Å². The second-order valence-corrected chi connectivity index (χ2v) is 4.23. The Kier molecular flexibility index (Phi) is 6.67. The molecule has 1 amide bonds. The van der Waals surface area contributed by atoms with Crippen molar-refractivity contribution < 1.29 is 23.9 Å². The van der Waals surface area contributed by atoms with Gasteiger partial charge in [0.05, 0.1) is 13.2 Å². The molecule has 21 heavy (non-hydrogen) atoms. The highest BCUT2D eigenvalue weighted by Crippen LogP contribution is 1.99. The van der Waals surface area contributed by atoms with Gasteiger partial charge in [0, 0.05) is 17.7 Å². The van der Waals surface area contributed by atoms with Crippen molar-refractivity contribution in [3.63, 3.8) is 0 Å². The average Bonchev–Trinajstić information content (AvgIpc) is 2.51. The van der Waals surface area contributed by atoms with Crippen LogP contribution in [0.3, 0.4) is 0 Å². The maximum absolute atomic E-state index is 11.8. The van der Waals surface area contributed by atoms with E-state index in [4.69, 9.17) is 4.74 Å². The Labute approximate surface area is 122 Å². The van der Waals surface area contributed by atoms with Crippen molar-refractivity contribution in [3.05, 3.63) is 48.0 Å². The van der Waals surface area contributed by atoms with Crippen LogP contribution in [0.4, 0.5) is 0 Å². The molecule has 0 aliphatic heterocycles. The molecule has 0 saturated heterocycles. The van der Waals surface area contributed by atoms with Crippen LogP contribution in [0.15, 0.2) is 42.5 Å². The molecule has 0 aliphatic rings. The van der Waals surface area contributed by atoms with E-state index in [2.05, 4.69) is 10.1 Å². The number of benzene rings is 1. The SMILES string of the molecule is COC(=O)/C=C/C(=O)OC[C@@H](C)NC(=O)c1ccccc1. The summed E-state index contributed by atoms with van der Waals surface area (Å²) in [6, 6.07) is 8.36. The number of amides is 1. The van der Waals surface area contributed by atoms with Gasteiger partial charge in [0.2, 0.25) is 0 Å². The fraction of sp³-hybridized carbons (Fsp3) is 0.267. The van der Waals surface area contributed by atoms with Crippen LogP contribution in [0, 0.1) is 0 Å². The van der Waals surface area contributed by atoms with Crippen LogP contribution in [0.1, 0.15) is 17.3 Å². The van der Waals surface area contributed by atoms with E-state index in [0.29, 0.717) is 5.56 Å². The van der Waals surface area contributed by atoms with Gasteiger partial charge in [-0.3, -0.25) is 4.79 Å². The fourth-order valence-electron chi connectivity index (χ4n) is 1.40. The van der Waals surface area contributed by atoms with Crippen LogP contribution in [-0.4, -0.2) is 37.6 Å². The molecule has 1 atom stereocenters. The molecule has 6 nitrogen and oxygen atoms in total. The lowest BCUT2D eigenvalue weighted by Crippen LogP contribution is -2.36. The Morgan fingerprint density at radius 1 is 1.14 bits per heavy atom. The molecule has 0 saturated carbocycles. The summed E-state index contributed by atoms with van der Waals surface area (Å²) in [7, 11) is 1.21. The summed E-state index contributed by atoms with van der Waals surface area (Å²) >= 11 is 0. The van der Waals surface area contributed by atoms with Gasteiger partial charge in [-0.25, -0.2) is 9.59 Å². The predicted molar refractivity (Wildman–Crippen MR) is 75.5 cm³/mol. The number of rotatable bonds is 6. The monoisotopic (exact) mass is 291 g/mol. The number of nitrogens with one attached hydrogen (secondary N) is 1. The Morgan fingerprint density at radius 3 is 2.38 bits per heavy atom. The van der Waals surface area contributed by atoms with E-state index < -0.39 is 11.9 Å². The van der Waals surface area contributed by atoms with Gasteiger partial charge in [-0.05, 0) is 19.1 Å². The van der Waals surface area contributed by atoms with E-state index >= 15 is 0 Å². The van der Waals surface area contributed by atoms with Gasteiger partial charge in [0.1, 0.15) is 6.61 Å². The maximum Gasteiger partial charge on any atom is 0.331 e. The molecule has 6 heteroatoms. The van der Waals surface area contributed by atoms with Crippen molar-refractivity contribution in [1.82, 2.24) is 5.32 Å². The van der Waals surface area contributed by atoms with Crippen molar-refractivity contribution in [2.75, 3.05) is 13.7 Å². The fourth-order valence-corrected chi connectivity index (χ4v) is 1.40. The van der Waals surface area contributed by atoms with Crippen molar-refractivity contribution in [3.8, 4) is 0 Å². The molecule has 0 aliphatic carbocycles. The normalized spacial score (nSPS) is 11.7. The third-order valence-electron chi connectivity index (χ3n) is 2.45. The third-order valence-corrected chi connectivity index (χ3v) is 2.45. The first kappa shape index (κ1) is 16.4. The number of hydrogen-bond donors (Lipinski definition) is 1. The number of carbonyl (C=O) groups excluding carboxylic acids is 3. The van der Waals surface area contributed by atoms with Gasteiger partial charge >= 0.3 is 11.9 Å². The highest BCUT2D eigenvalue weighted by Gasteiger charge is 2.10. The zero-order chi connectivity index (χ0) is 15.7. The van der Waals surface area contributed by atoms with E-state index in [1.807, 2.05) is 6.07 Å². The van der Waals surface area contributed by atoms with Crippen LogP contribution >= 0.6 is 0 Å². The molecule has 112 valence electrons. The molecule has 1 aromatic carbocycles. The predicted octanol–water partition coefficient (Wildman–Crippen LogP) is 1.08. The lowest BCUT2D eigenvalue weighted by molar-refractivity contribution is -0.139. The standard InChI is InChI=1S/C15H17NO5/c1-11(10-21-14(18)9-8-13(17)20-2)16-15(19)12-6-4-3-5-7-12/h3-9,11H,10H2,1-2H3,(H,16,19)/b9-8+/t11-/m1/s1. The van der Waals surface area contributed by atoms with Crippen molar-refractivity contribution in [2.45, 2.75) is 13.0 Å². The summed E-state index contributed by atoms with van der Waals surface area (Å²) in [4.78, 5) is 33.9. The Bertz CT molecular complexity index is 524. The number of methoxy groups -OCH3 is 1. The van der Waals surface area contributed by atoms with E-state index in [9.17, 15) is 14.4 Å². The zero-order valence-corrected chi connectivity index (χ0v) is 11.9. The van der Waals surface area contributed by atoms with Gasteiger partial charge < -0.3 is 14.8 Å². The number of carbonyl (C=O) groups is 3. The van der Waals surface area contributed by atoms with Gasteiger partial charge in [0.15, 0.2) is 0 Å². The van der Waals surface area contributed by atoms with Gasteiger partial charge in [-0.2, -0.15) is 0 Å². The second-order valence-electron chi connectivity index (χ2n) is 4.23. The lowest BCUT2D eigenvalue weighted by Gasteiger charge is -2.13. The smallest absolute Gasteiger partial charge is 0.331 e. The first-order valence-electron chi connectivity index (χ1n) is 6.31. The van der Waals surface area contributed by atoms with Gasteiger partial charge in [-0.15, -0.1) is 0 Å². The van der Waals surface area contributed by atoms with Crippen molar-refractivity contribution in [2.24, 2.45) is 0 Å². The molecule has 1 aromatic rings. The minimum Gasteiger partial charge on any atom is -0.466 e. The molecular formula is C15H17NO5. The van der Waals surface area contributed by atoms with Crippen LogP contribution in [0.2, 0.25) is 0 Å². The zero-order valence-electron chi connectivity index (χ0n) is 11.9. The van der Waals surface area contributed by atoms with Crippen LogP contribution in [0.5, 0.6) is 0 Å². The molecule has 0 radical (unpaired) electrons. The summed E-state index contributed by atoms with van der Waals surface area (Å²) < 4.78 is 9.22. The third kappa shape index (κ3) is 6.38. The summed E-state index contributed by atoms with van der Waals surface area (Å²) in [5, 5.41) is 2.70. The number of ether oxygens (including phenoxy) is 2. The molecule has 0 bridgehead atoms. The van der Waals surface area contributed by atoms with E-state index in [1.165, 1.54) is 7.11 Å². The number of esters is 2. The lowest BCUT2D eigenvalue weighted by atomic mass is 10.2. The molecule has 0 unspecified atom stereocenters. The summed E-state index contributed by atoms with van der Waals surface area (Å²) in [6.07, 6.45) is 1.94. The minimum atomic E-state index is -0.679. The molecule has 0 fully saturated rings. The molecule has 1 N–H and O–H groups in total. The van der Waals surface area contributed by atoms with E-state index in [-0.39, 0.29) is 18.6 Å². The van der Waals surface area contributed by atoms with Gasteiger partial charge in [0.25, 0.3) is 5.91 Å². The quantitative estimate of drug-likeness (QED) is 0.626. The van der Waals surface area contributed by atoms with E-state index in [1.54, 1.807) is 31.2 Å². The van der Waals surface area contributed by atoms with E-state index in [0.717, 1.165) is 12.2 Å². The summed E-state index contributed by atoms with van der Waals surface area (Å²) in [6.45, 7) is 1.71. The Balaban J connectivity index is 2.36. The largest absolute Gasteiger partial charge is 0.466 e. The van der Waals surface area contributed by atoms with Crippen LogP contribution in [0.25, 0.3) is 0 Å². The highest BCUT2D eigenvalue weighted by molar-refractivity contribution is 5.94. The van der Waals surface area contributed by atoms with Crippen molar-refractivity contribution in [1.29, 1.82) is 0 Å². The molecule has 0 heterocycles. The second kappa shape index (κ2) is 8.52.